The van der Waals surface area contributed by atoms with Crippen molar-refractivity contribution in [3.63, 3.8) is 0 Å². The zero-order chi connectivity index (χ0) is 23.5. The normalized spacial score (nSPS) is 11.9. The second kappa shape index (κ2) is 12.0. The zero-order valence-corrected chi connectivity index (χ0v) is 18.7. The minimum absolute atomic E-state index is 0.0643. The lowest BCUT2D eigenvalue weighted by Crippen LogP contribution is -2.34. The maximum Gasteiger partial charge on any atom is 0.280 e. The standard InChI is InChI=1S/C26H27N3O4/c1-19(17-25(30)27-22-11-7-4-8-12-22)28-29-26(31)20(2)33-24-15-13-23(14-16-24)32-18-21-9-5-3-6-10-21/h3-16,20H,17-18H2,1-2H3,(H,27,30)(H,29,31)/b28-19-/t20-/m0/s1. The Balaban J connectivity index is 1.42. The van der Waals surface area contributed by atoms with E-state index < -0.39 is 12.0 Å². The second-order valence-electron chi connectivity index (χ2n) is 7.42. The molecular weight excluding hydrogens is 418 g/mol. The van der Waals surface area contributed by atoms with Crippen molar-refractivity contribution < 1.29 is 19.1 Å². The van der Waals surface area contributed by atoms with Gasteiger partial charge < -0.3 is 14.8 Å². The highest BCUT2D eigenvalue weighted by atomic mass is 16.5. The van der Waals surface area contributed by atoms with Gasteiger partial charge in [0.05, 0.1) is 6.42 Å². The first kappa shape index (κ1) is 23.5. The summed E-state index contributed by atoms with van der Waals surface area (Å²) in [5.41, 5.74) is 4.70. The van der Waals surface area contributed by atoms with Crippen LogP contribution >= 0.6 is 0 Å². The summed E-state index contributed by atoms with van der Waals surface area (Å²) in [6.07, 6.45) is -0.703. The van der Waals surface area contributed by atoms with Crippen molar-refractivity contribution in [2.45, 2.75) is 33.0 Å². The number of hydrazone groups is 1. The molecule has 0 saturated heterocycles. The van der Waals surface area contributed by atoms with Crippen LogP contribution in [-0.2, 0) is 16.2 Å². The molecule has 170 valence electrons. The van der Waals surface area contributed by atoms with Gasteiger partial charge >= 0.3 is 0 Å². The summed E-state index contributed by atoms with van der Waals surface area (Å²) in [4.78, 5) is 24.3. The number of amides is 2. The van der Waals surface area contributed by atoms with E-state index >= 15 is 0 Å². The summed E-state index contributed by atoms with van der Waals surface area (Å²) in [6.45, 7) is 3.77. The second-order valence-corrected chi connectivity index (χ2v) is 7.42. The first-order valence-electron chi connectivity index (χ1n) is 10.6. The van der Waals surface area contributed by atoms with Gasteiger partial charge in [0.1, 0.15) is 18.1 Å². The van der Waals surface area contributed by atoms with Gasteiger partial charge in [-0.3, -0.25) is 9.59 Å². The number of nitrogens with zero attached hydrogens (tertiary/aromatic N) is 1. The molecule has 0 aliphatic rings. The fraction of sp³-hybridized carbons (Fsp3) is 0.192. The molecule has 3 rings (SSSR count). The molecule has 1 atom stereocenters. The Kier molecular flexibility index (Phi) is 8.59. The number of ether oxygens (including phenoxy) is 2. The fourth-order valence-electron chi connectivity index (χ4n) is 2.85. The van der Waals surface area contributed by atoms with Gasteiger partial charge in [-0.05, 0) is 55.8 Å². The van der Waals surface area contributed by atoms with Crippen molar-refractivity contribution >= 4 is 23.2 Å². The van der Waals surface area contributed by atoms with Crippen molar-refractivity contribution in [3.05, 3.63) is 90.5 Å². The van der Waals surface area contributed by atoms with Crippen molar-refractivity contribution in [2.24, 2.45) is 5.10 Å². The van der Waals surface area contributed by atoms with E-state index in [2.05, 4.69) is 15.8 Å². The minimum atomic E-state index is -0.768. The molecular formula is C26H27N3O4. The van der Waals surface area contributed by atoms with Crippen molar-refractivity contribution in [1.29, 1.82) is 0 Å². The van der Waals surface area contributed by atoms with Gasteiger partial charge in [0.15, 0.2) is 6.10 Å². The van der Waals surface area contributed by atoms with Gasteiger partial charge in [-0.25, -0.2) is 5.43 Å². The third-order valence-electron chi connectivity index (χ3n) is 4.59. The Morgan fingerprint density at radius 3 is 2.15 bits per heavy atom. The van der Waals surface area contributed by atoms with Crippen molar-refractivity contribution in [2.75, 3.05) is 5.32 Å². The van der Waals surface area contributed by atoms with Gasteiger partial charge in [-0.2, -0.15) is 5.10 Å². The molecule has 0 aromatic heterocycles. The monoisotopic (exact) mass is 445 g/mol. The number of hydrogen-bond donors (Lipinski definition) is 2. The van der Waals surface area contributed by atoms with Gasteiger partial charge in [0, 0.05) is 11.4 Å². The molecule has 0 unspecified atom stereocenters. The van der Waals surface area contributed by atoms with Gasteiger partial charge in [-0.1, -0.05) is 48.5 Å². The summed E-state index contributed by atoms with van der Waals surface area (Å²) < 4.78 is 11.4. The third-order valence-corrected chi connectivity index (χ3v) is 4.59. The quantitative estimate of drug-likeness (QED) is 0.354. The van der Waals surface area contributed by atoms with E-state index in [9.17, 15) is 9.59 Å². The lowest BCUT2D eigenvalue weighted by molar-refractivity contribution is -0.127. The van der Waals surface area contributed by atoms with E-state index in [1.165, 1.54) is 0 Å². The summed E-state index contributed by atoms with van der Waals surface area (Å²) >= 11 is 0. The molecule has 0 bridgehead atoms. The average molecular weight is 446 g/mol. The summed E-state index contributed by atoms with van der Waals surface area (Å²) in [5.74, 6) is 0.614. The van der Waals surface area contributed by atoms with Gasteiger partial charge in [0.25, 0.3) is 5.91 Å². The van der Waals surface area contributed by atoms with E-state index in [0.29, 0.717) is 29.5 Å². The molecule has 0 heterocycles. The molecule has 33 heavy (non-hydrogen) atoms. The highest BCUT2D eigenvalue weighted by molar-refractivity contribution is 6.05. The maximum atomic E-state index is 12.3. The zero-order valence-electron chi connectivity index (χ0n) is 18.7. The number of nitrogens with one attached hydrogen (secondary N) is 2. The van der Waals surface area contributed by atoms with Crippen LogP contribution in [0.25, 0.3) is 0 Å². The first-order valence-corrected chi connectivity index (χ1v) is 10.6. The molecule has 2 N–H and O–H groups in total. The Morgan fingerprint density at radius 1 is 0.879 bits per heavy atom. The van der Waals surface area contributed by atoms with E-state index in [1.807, 2.05) is 48.5 Å². The number of benzene rings is 3. The predicted molar refractivity (Wildman–Crippen MR) is 128 cm³/mol. The molecule has 0 fully saturated rings. The van der Waals surface area contributed by atoms with E-state index in [4.69, 9.17) is 9.47 Å². The number of hydrogen-bond acceptors (Lipinski definition) is 5. The SMILES string of the molecule is C/C(CC(=O)Nc1ccccc1)=N/NC(=O)[C@H](C)Oc1ccc(OCc2ccccc2)cc1. The minimum Gasteiger partial charge on any atom is -0.489 e. The Morgan fingerprint density at radius 2 is 1.48 bits per heavy atom. The smallest absolute Gasteiger partial charge is 0.280 e. The van der Waals surface area contributed by atoms with E-state index in [1.54, 1.807) is 50.2 Å². The Labute approximate surface area is 193 Å². The van der Waals surface area contributed by atoms with Crippen LogP contribution in [0.1, 0.15) is 25.8 Å². The Hall–Kier alpha value is -4.13. The molecule has 7 heteroatoms. The van der Waals surface area contributed by atoms with E-state index in [0.717, 1.165) is 5.56 Å². The molecule has 2 amide bonds. The van der Waals surface area contributed by atoms with Crippen molar-refractivity contribution in [1.82, 2.24) is 5.43 Å². The number of carbonyl (C=O) groups is 2. The summed E-state index contributed by atoms with van der Waals surface area (Å²) in [5, 5.41) is 6.76. The largest absolute Gasteiger partial charge is 0.489 e. The molecule has 0 spiro atoms. The van der Waals surface area contributed by atoms with E-state index in [-0.39, 0.29) is 12.3 Å². The van der Waals surface area contributed by atoms with Crippen LogP contribution in [0.3, 0.4) is 0 Å². The fourth-order valence-corrected chi connectivity index (χ4v) is 2.85. The lowest BCUT2D eigenvalue weighted by Gasteiger charge is -2.14. The molecule has 3 aromatic carbocycles. The molecule has 0 aliphatic heterocycles. The van der Waals surface area contributed by atoms with Crippen LogP contribution in [0.4, 0.5) is 5.69 Å². The predicted octanol–water partition coefficient (Wildman–Crippen LogP) is 4.55. The highest BCUT2D eigenvalue weighted by Crippen LogP contribution is 2.19. The molecule has 7 nitrogen and oxygen atoms in total. The Bertz CT molecular complexity index is 1070. The van der Waals surface area contributed by atoms with Gasteiger partial charge in [0.2, 0.25) is 5.91 Å². The first-order chi connectivity index (χ1) is 16.0. The van der Waals surface area contributed by atoms with Gasteiger partial charge in [-0.15, -0.1) is 0 Å². The van der Waals surface area contributed by atoms with Crippen LogP contribution in [0.15, 0.2) is 90.0 Å². The van der Waals surface area contributed by atoms with Crippen LogP contribution < -0.4 is 20.2 Å². The summed E-state index contributed by atoms with van der Waals surface area (Å²) in [6, 6.07) is 26.1. The average Bonchev–Trinajstić information content (AvgIpc) is 2.83. The number of carbonyl (C=O) groups excluding carboxylic acids is 2. The molecule has 3 aromatic rings. The van der Waals surface area contributed by atoms with Crippen LogP contribution in [0, 0.1) is 0 Å². The third kappa shape index (κ3) is 8.14. The van der Waals surface area contributed by atoms with Crippen molar-refractivity contribution in [3.8, 4) is 11.5 Å². The number of rotatable bonds is 10. The maximum absolute atomic E-state index is 12.3. The number of para-hydroxylation sites is 1. The number of anilines is 1. The lowest BCUT2D eigenvalue weighted by atomic mass is 10.2. The molecule has 0 saturated carbocycles. The molecule has 0 aliphatic carbocycles. The van der Waals surface area contributed by atoms with Crippen LogP contribution in [-0.4, -0.2) is 23.6 Å². The highest BCUT2D eigenvalue weighted by Gasteiger charge is 2.14. The summed E-state index contributed by atoms with van der Waals surface area (Å²) in [7, 11) is 0. The topological polar surface area (TPSA) is 89.0 Å². The van der Waals surface area contributed by atoms with Crippen LogP contribution in [0.5, 0.6) is 11.5 Å². The molecule has 0 radical (unpaired) electrons. The van der Waals surface area contributed by atoms with Crippen LogP contribution in [0.2, 0.25) is 0 Å².